The summed E-state index contributed by atoms with van der Waals surface area (Å²) in [7, 11) is 5.25. The van der Waals surface area contributed by atoms with Crippen molar-refractivity contribution in [3.05, 3.63) is 35.3 Å². The number of guanidine groups is 1. The van der Waals surface area contributed by atoms with Crippen molar-refractivity contribution in [1.29, 1.82) is 0 Å². The van der Waals surface area contributed by atoms with Crippen LogP contribution in [0.15, 0.2) is 34.6 Å². The summed E-state index contributed by atoms with van der Waals surface area (Å²) in [5.74, 6) is 1.68. The Kier molecular flexibility index (Phi) is 9.64. The fourth-order valence-corrected chi connectivity index (χ4v) is 4.26. The SMILES string of the molecule is CN=C(NCc1csc(-c2ccc(OC)cc2)n1)NCC1(CCOC)CCC1.I. The lowest BCUT2D eigenvalue weighted by atomic mass is 9.67. The highest BCUT2D eigenvalue weighted by Crippen LogP contribution is 2.43. The number of halogens is 1. The molecule has 0 bridgehead atoms. The number of benzene rings is 1. The Morgan fingerprint density at radius 1 is 1.21 bits per heavy atom. The average Bonchev–Trinajstić information content (AvgIpc) is 3.18. The third-order valence-electron chi connectivity index (χ3n) is 5.43. The minimum absolute atomic E-state index is 0. The molecule has 3 rings (SSSR count). The second kappa shape index (κ2) is 11.7. The molecule has 1 aliphatic carbocycles. The van der Waals surface area contributed by atoms with E-state index in [4.69, 9.17) is 14.5 Å². The lowest BCUT2D eigenvalue weighted by Crippen LogP contribution is -2.46. The number of aliphatic imine (C=N–C) groups is 1. The van der Waals surface area contributed by atoms with E-state index in [9.17, 15) is 0 Å². The number of ether oxygens (including phenoxy) is 2. The topological polar surface area (TPSA) is 67.8 Å². The number of thiazole rings is 1. The second-order valence-corrected chi connectivity index (χ2v) is 8.11. The maximum absolute atomic E-state index is 5.28. The van der Waals surface area contributed by atoms with Crippen LogP contribution in [0.2, 0.25) is 0 Å². The van der Waals surface area contributed by atoms with E-state index in [0.717, 1.165) is 47.5 Å². The van der Waals surface area contributed by atoms with Crippen molar-refractivity contribution >= 4 is 41.3 Å². The molecular formula is C21H31IN4O2S. The zero-order valence-electron chi connectivity index (χ0n) is 17.4. The van der Waals surface area contributed by atoms with Crippen LogP contribution in [0.1, 0.15) is 31.4 Å². The molecule has 0 amide bonds. The Morgan fingerprint density at radius 3 is 2.55 bits per heavy atom. The number of hydrogen-bond donors (Lipinski definition) is 2. The summed E-state index contributed by atoms with van der Waals surface area (Å²) >= 11 is 1.65. The maximum Gasteiger partial charge on any atom is 0.191 e. The normalized spacial score (nSPS) is 15.2. The van der Waals surface area contributed by atoms with E-state index in [1.165, 1.54) is 19.3 Å². The van der Waals surface area contributed by atoms with E-state index in [1.54, 1.807) is 25.6 Å². The van der Waals surface area contributed by atoms with Crippen molar-refractivity contribution in [3.63, 3.8) is 0 Å². The summed E-state index contributed by atoms with van der Waals surface area (Å²) in [5, 5.41) is 9.96. The van der Waals surface area contributed by atoms with Gasteiger partial charge in [-0.15, -0.1) is 35.3 Å². The van der Waals surface area contributed by atoms with Crippen LogP contribution in [0.4, 0.5) is 0 Å². The Bertz CT molecular complexity index is 775. The van der Waals surface area contributed by atoms with E-state index < -0.39 is 0 Å². The number of nitrogens with one attached hydrogen (secondary N) is 2. The summed E-state index contributed by atoms with van der Waals surface area (Å²) in [6, 6.07) is 7.99. The quantitative estimate of drug-likeness (QED) is 0.288. The fourth-order valence-electron chi connectivity index (χ4n) is 3.43. The number of hydrogen-bond acceptors (Lipinski definition) is 5. The van der Waals surface area contributed by atoms with Crippen LogP contribution < -0.4 is 15.4 Å². The lowest BCUT2D eigenvalue weighted by molar-refractivity contribution is 0.0732. The highest BCUT2D eigenvalue weighted by Gasteiger charge is 2.36. The van der Waals surface area contributed by atoms with Gasteiger partial charge in [-0.25, -0.2) is 4.98 Å². The minimum Gasteiger partial charge on any atom is -0.497 e. The molecule has 0 radical (unpaired) electrons. The van der Waals surface area contributed by atoms with Gasteiger partial charge in [-0.2, -0.15) is 0 Å². The van der Waals surface area contributed by atoms with Gasteiger partial charge >= 0.3 is 0 Å². The number of methoxy groups -OCH3 is 2. The number of rotatable bonds is 9. The van der Waals surface area contributed by atoms with Gasteiger partial charge in [0.1, 0.15) is 10.8 Å². The van der Waals surface area contributed by atoms with Gasteiger partial charge in [0.15, 0.2) is 5.96 Å². The first-order valence-corrected chi connectivity index (χ1v) is 10.6. The van der Waals surface area contributed by atoms with E-state index in [2.05, 4.69) is 21.0 Å². The molecule has 1 aromatic heterocycles. The van der Waals surface area contributed by atoms with Gasteiger partial charge in [-0.05, 0) is 48.9 Å². The van der Waals surface area contributed by atoms with Crippen molar-refractivity contribution in [2.45, 2.75) is 32.2 Å². The number of aromatic nitrogens is 1. The monoisotopic (exact) mass is 530 g/mol. The third kappa shape index (κ3) is 6.55. The van der Waals surface area contributed by atoms with E-state index in [-0.39, 0.29) is 24.0 Å². The van der Waals surface area contributed by atoms with Gasteiger partial charge in [0.05, 0.1) is 19.3 Å². The van der Waals surface area contributed by atoms with Crippen LogP contribution >= 0.6 is 35.3 Å². The highest BCUT2D eigenvalue weighted by molar-refractivity contribution is 14.0. The van der Waals surface area contributed by atoms with Crippen LogP contribution in [0.3, 0.4) is 0 Å². The van der Waals surface area contributed by atoms with E-state index in [0.29, 0.717) is 12.0 Å². The van der Waals surface area contributed by atoms with E-state index >= 15 is 0 Å². The zero-order chi connectivity index (χ0) is 19.8. The van der Waals surface area contributed by atoms with Gasteiger partial charge in [0.2, 0.25) is 0 Å². The van der Waals surface area contributed by atoms with Crippen LogP contribution in [0, 0.1) is 5.41 Å². The number of nitrogens with zero attached hydrogens (tertiary/aromatic N) is 2. The Balaban J connectivity index is 0.00000300. The van der Waals surface area contributed by atoms with Crippen molar-refractivity contribution in [1.82, 2.24) is 15.6 Å². The molecule has 0 unspecified atom stereocenters. The first kappa shape index (κ1) is 23.9. The van der Waals surface area contributed by atoms with Crippen LogP contribution in [-0.2, 0) is 11.3 Å². The van der Waals surface area contributed by atoms with Crippen LogP contribution in [0.25, 0.3) is 10.6 Å². The molecule has 1 aromatic carbocycles. The summed E-state index contributed by atoms with van der Waals surface area (Å²) < 4.78 is 10.5. The molecule has 0 atom stereocenters. The van der Waals surface area contributed by atoms with Gasteiger partial charge in [0, 0.05) is 38.3 Å². The van der Waals surface area contributed by atoms with Gasteiger partial charge < -0.3 is 20.1 Å². The predicted octanol–water partition coefficient (Wildman–Crippen LogP) is 4.31. The molecule has 0 aliphatic heterocycles. The molecule has 0 spiro atoms. The molecule has 2 aromatic rings. The maximum atomic E-state index is 5.28. The van der Waals surface area contributed by atoms with Crippen molar-refractivity contribution in [2.24, 2.45) is 10.4 Å². The molecule has 6 nitrogen and oxygen atoms in total. The summed E-state index contributed by atoms with van der Waals surface area (Å²) in [4.78, 5) is 9.09. The predicted molar refractivity (Wildman–Crippen MR) is 130 cm³/mol. The average molecular weight is 530 g/mol. The molecule has 0 saturated heterocycles. The zero-order valence-corrected chi connectivity index (χ0v) is 20.5. The van der Waals surface area contributed by atoms with Crippen LogP contribution in [0.5, 0.6) is 5.75 Å². The molecule has 1 aliphatic rings. The first-order valence-electron chi connectivity index (χ1n) is 9.70. The standard InChI is InChI=1S/C21H30N4O2S.HI/c1-22-20(24-15-21(9-4-10-21)11-12-26-2)23-13-17-14-28-19(25-17)16-5-7-18(27-3)8-6-16;/h5-8,14H,4,9-13,15H2,1-3H3,(H2,22,23,24);1H. The van der Waals surface area contributed by atoms with E-state index in [1.807, 2.05) is 31.3 Å². The first-order chi connectivity index (χ1) is 13.7. The Labute approximate surface area is 194 Å². The second-order valence-electron chi connectivity index (χ2n) is 7.25. The minimum atomic E-state index is 0. The van der Waals surface area contributed by atoms with Crippen molar-refractivity contribution in [3.8, 4) is 16.3 Å². The molecule has 160 valence electrons. The molecule has 8 heteroatoms. The summed E-state index contributed by atoms with van der Waals surface area (Å²) in [6.07, 6.45) is 4.94. The van der Waals surface area contributed by atoms with Crippen molar-refractivity contribution in [2.75, 3.05) is 34.4 Å². The van der Waals surface area contributed by atoms with Crippen molar-refractivity contribution < 1.29 is 9.47 Å². The summed E-state index contributed by atoms with van der Waals surface area (Å²) in [5.41, 5.74) is 2.47. The smallest absolute Gasteiger partial charge is 0.191 e. The molecule has 29 heavy (non-hydrogen) atoms. The lowest BCUT2D eigenvalue weighted by Gasteiger charge is -2.42. The Morgan fingerprint density at radius 2 is 1.97 bits per heavy atom. The highest BCUT2D eigenvalue weighted by atomic mass is 127. The third-order valence-corrected chi connectivity index (χ3v) is 6.37. The van der Waals surface area contributed by atoms with Gasteiger partial charge in [-0.1, -0.05) is 6.42 Å². The Hall–Kier alpha value is -1.39. The molecular weight excluding hydrogens is 499 g/mol. The molecule has 1 saturated carbocycles. The molecule has 1 fully saturated rings. The summed E-state index contributed by atoms with van der Waals surface area (Å²) in [6.45, 7) is 2.41. The largest absolute Gasteiger partial charge is 0.497 e. The van der Waals surface area contributed by atoms with Gasteiger partial charge in [0.25, 0.3) is 0 Å². The fraction of sp³-hybridized carbons (Fsp3) is 0.524. The molecule has 2 N–H and O–H groups in total. The van der Waals surface area contributed by atoms with Crippen LogP contribution in [-0.4, -0.2) is 45.4 Å². The van der Waals surface area contributed by atoms with Gasteiger partial charge in [-0.3, -0.25) is 4.99 Å². The molecule has 1 heterocycles.